The van der Waals surface area contributed by atoms with Gasteiger partial charge in [0, 0.05) is 37.6 Å². The van der Waals surface area contributed by atoms with Crippen molar-refractivity contribution in [1.82, 2.24) is 4.90 Å². The molecule has 1 aliphatic rings. The minimum absolute atomic E-state index is 0.122. The summed E-state index contributed by atoms with van der Waals surface area (Å²) in [6, 6.07) is 13.1. The summed E-state index contributed by atoms with van der Waals surface area (Å²) in [5, 5.41) is 2.90. The first-order valence-corrected chi connectivity index (χ1v) is 9.63. The van der Waals surface area contributed by atoms with Gasteiger partial charge in [-0.05, 0) is 68.3 Å². The second-order valence-electron chi connectivity index (χ2n) is 6.97. The second kappa shape index (κ2) is 8.78. The van der Waals surface area contributed by atoms with Crippen LogP contribution in [0.1, 0.15) is 28.4 Å². The number of carbonyl (C=O) groups excluding carboxylic acids is 2. The Morgan fingerprint density at radius 3 is 2.25 bits per heavy atom. The van der Waals surface area contributed by atoms with Gasteiger partial charge in [0.25, 0.3) is 0 Å². The van der Waals surface area contributed by atoms with Gasteiger partial charge in [-0.2, -0.15) is 0 Å². The van der Waals surface area contributed by atoms with Crippen molar-refractivity contribution in [1.29, 1.82) is 0 Å². The number of urea groups is 1. The Morgan fingerprint density at radius 2 is 1.64 bits per heavy atom. The van der Waals surface area contributed by atoms with E-state index in [1.165, 1.54) is 16.8 Å². The molecule has 0 radical (unpaired) electrons. The summed E-state index contributed by atoms with van der Waals surface area (Å²) in [6.45, 7) is 9.28. The summed E-state index contributed by atoms with van der Waals surface area (Å²) in [6.07, 6.45) is 0. The van der Waals surface area contributed by atoms with Gasteiger partial charge in [-0.25, -0.2) is 9.59 Å². The minimum atomic E-state index is -0.358. The predicted octanol–water partition coefficient (Wildman–Crippen LogP) is 3.83. The van der Waals surface area contributed by atoms with Crippen molar-refractivity contribution in [2.45, 2.75) is 20.8 Å². The molecule has 148 valence electrons. The number of benzene rings is 2. The Morgan fingerprint density at radius 1 is 0.964 bits per heavy atom. The number of rotatable bonds is 4. The Balaban J connectivity index is 1.53. The van der Waals surface area contributed by atoms with Crippen LogP contribution in [0.25, 0.3) is 0 Å². The summed E-state index contributed by atoms with van der Waals surface area (Å²) in [4.78, 5) is 28.4. The monoisotopic (exact) mass is 381 g/mol. The first-order valence-electron chi connectivity index (χ1n) is 9.63. The number of hydrogen-bond acceptors (Lipinski definition) is 4. The lowest BCUT2D eigenvalue weighted by atomic mass is 10.1. The number of hydrogen-bond donors (Lipinski definition) is 1. The molecule has 0 atom stereocenters. The third kappa shape index (κ3) is 4.63. The molecule has 1 saturated heterocycles. The van der Waals surface area contributed by atoms with E-state index in [-0.39, 0.29) is 12.0 Å². The third-order valence-electron chi connectivity index (χ3n) is 5.07. The number of nitrogens with one attached hydrogen (secondary N) is 1. The van der Waals surface area contributed by atoms with Gasteiger partial charge < -0.3 is 19.9 Å². The van der Waals surface area contributed by atoms with E-state index < -0.39 is 0 Å². The lowest BCUT2D eigenvalue weighted by molar-refractivity contribution is 0.0526. The van der Waals surface area contributed by atoms with Crippen LogP contribution in [0.3, 0.4) is 0 Å². The van der Waals surface area contributed by atoms with Crippen LogP contribution < -0.4 is 10.2 Å². The molecule has 2 amide bonds. The minimum Gasteiger partial charge on any atom is -0.462 e. The summed E-state index contributed by atoms with van der Waals surface area (Å²) in [5.41, 5.74) is 4.91. The number of ether oxygens (including phenoxy) is 1. The van der Waals surface area contributed by atoms with Crippen LogP contribution in [0, 0.1) is 13.8 Å². The van der Waals surface area contributed by atoms with E-state index in [0.29, 0.717) is 30.9 Å². The molecule has 0 bridgehead atoms. The van der Waals surface area contributed by atoms with Crippen LogP contribution in [0.15, 0.2) is 42.5 Å². The van der Waals surface area contributed by atoms with Crippen LogP contribution >= 0.6 is 0 Å². The Hall–Kier alpha value is -3.02. The maximum Gasteiger partial charge on any atom is 0.338 e. The topological polar surface area (TPSA) is 61.9 Å². The molecule has 2 aromatic carbocycles. The molecule has 0 aromatic heterocycles. The number of piperazine rings is 1. The SMILES string of the molecule is CCOC(=O)c1ccc(NC(=O)N2CCN(c3ccc(C)c(C)c3)CC2)cc1. The van der Waals surface area contributed by atoms with Gasteiger partial charge in [0.2, 0.25) is 0 Å². The van der Waals surface area contributed by atoms with E-state index >= 15 is 0 Å². The number of carbonyl (C=O) groups is 2. The summed E-state index contributed by atoms with van der Waals surface area (Å²) < 4.78 is 4.97. The van der Waals surface area contributed by atoms with E-state index in [9.17, 15) is 9.59 Å². The fourth-order valence-corrected chi connectivity index (χ4v) is 3.20. The number of amides is 2. The summed E-state index contributed by atoms with van der Waals surface area (Å²) >= 11 is 0. The number of nitrogens with zero attached hydrogens (tertiary/aromatic N) is 2. The lowest BCUT2D eigenvalue weighted by Gasteiger charge is -2.36. The zero-order valence-electron chi connectivity index (χ0n) is 16.7. The van der Waals surface area contributed by atoms with Gasteiger partial charge in [0.1, 0.15) is 0 Å². The van der Waals surface area contributed by atoms with Crippen molar-refractivity contribution >= 4 is 23.4 Å². The maximum absolute atomic E-state index is 12.5. The van der Waals surface area contributed by atoms with Gasteiger partial charge in [0.15, 0.2) is 0 Å². The van der Waals surface area contributed by atoms with Crippen molar-refractivity contribution in [2.75, 3.05) is 43.0 Å². The standard InChI is InChI=1S/C22H27N3O3/c1-4-28-21(26)18-6-8-19(9-7-18)23-22(27)25-13-11-24(12-14-25)20-10-5-16(2)17(3)15-20/h5-10,15H,4,11-14H2,1-3H3,(H,23,27). The Bertz CT molecular complexity index is 841. The highest BCUT2D eigenvalue weighted by molar-refractivity contribution is 5.92. The number of aryl methyl sites for hydroxylation is 2. The van der Waals surface area contributed by atoms with Gasteiger partial charge in [-0.1, -0.05) is 6.07 Å². The lowest BCUT2D eigenvalue weighted by Crippen LogP contribution is -2.50. The zero-order chi connectivity index (χ0) is 20.1. The first-order chi connectivity index (χ1) is 13.5. The fourth-order valence-electron chi connectivity index (χ4n) is 3.20. The Kier molecular flexibility index (Phi) is 6.19. The molecule has 1 fully saturated rings. The van der Waals surface area contributed by atoms with E-state index in [0.717, 1.165) is 13.1 Å². The third-order valence-corrected chi connectivity index (χ3v) is 5.07. The normalized spacial score (nSPS) is 14.0. The molecule has 3 rings (SSSR count). The largest absolute Gasteiger partial charge is 0.462 e. The maximum atomic E-state index is 12.5. The molecule has 1 aliphatic heterocycles. The molecule has 0 saturated carbocycles. The van der Waals surface area contributed by atoms with Crippen molar-refractivity contribution in [3.05, 3.63) is 59.2 Å². The zero-order valence-corrected chi connectivity index (χ0v) is 16.7. The van der Waals surface area contributed by atoms with Crippen molar-refractivity contribution in [3.8, 4) is 0 Å². The average Bonchev–Trinajstić information content (AvgIpc) is 2.71. The molecule has 28 heavy (non-hydrogen) atoms. The van der Waals surface area contributed by atoms with Crippen molar-refractivity contribution in [2.24, 2.45) is 0 Å². The van der Waals surface area contributed by atoms with Crippen LogP contribution in [0.4, 0.5) is 16.2 Å². The number of anilines is 2. The molecule has 6 heteroatoms. The van der Waals surface area contributed by atoms with E-state index in [4.69, 9.17) is 4.74 Å². The average molecular weight is 381 g/mol. The van der Waals surface area contributed by atoms with Gasteiger partial charge >= 0.3 is 12.0 Å². The highest BCUT2D eigenvalue weighted by Gasteiger charge is 2.21. The predicted molar refractivity (Wildman–Crippen MR) is 111 cm³/mol. The van der Waals surface area contributed by atoms with Crippen LogP contribution in [0.2, 0.25) is 0 Å². The number of esters is 1. The van der Waals surface area contributed by atoms with E-state index in [1.54, 1.807) is 31.2 Å². The molecule has 2 aromatic rings. The van der Waals surface area contributed by atoms with Crippen LogP contribution in [-0.4, -0.2) is 49.7 Å². The summed E-state index contributed by atoms with van der Waals surface area (Å²) in [5.74, 6) is -0.358. The van der Waals surface area contributed by atoms with Crippen LogP contribution in [-0.2, 0) is 4.74 Å². The van der Waals surface area contributed by atoms with Crippen LogP contribution in [0.5, 0.6) is 0 Å². The molecule has 0 unspecified atom stereocenters. The second-order valence-corrected chi connectivity index (χ2v) is 6.97. The fraction of sp³-hybridized carbons (Fsp3) is 0.364. The van der Waals surface area contributed by atoms with E-state index in [2.05, 4.69) is 42.3 Å². The molecular weight excluding hydrogens is 354 g/mol. The summed E-state index contributed by atoms with van der Waals surface area (Å²) in [7, 11) is 0. The van der Waals surface area contributed by atoms with Crippen molar-refractivity contribution < 1.29 is 14.3 Å². The molecule has 0 aliphatic carbocycles. The molecule has 1 heterocycles. The van der Waals surface area contributed by atoms with Crippen molar-refractivity contribution in [3.63, 3.8) is 0 Å². The van der Waals surface area contributed by atoms with Gasteiger partial charge in [0.05, 0.1) is 12.2 Å². The molecule has 0 spiro atoms. The highest BCUT2D eigenvalue weighted by Crippen LogP contribution is 2.20. The molecule has 6 nitrogen and oxygen atoms in total. The molecule has 1 N–H and O–H groups in total. The highest BCUT2D eigenvalue weighted by atomic mass is 16.5. The smallest absolute Gasteiger partial charge is 0.338 e. The van der Waals surface area contributed by atoms with E-state index in [1.807, 2.05) is 4.90 Å². The quantitative estimate of drug-likeness (QED) is 0.818. The first kappa shape index (κ1) is 19.7. The van der Waals surface area contributed by atoms with Gasteiger partial charge in [-0.3, -0.25) is 0 Å². The Labute approximate surface area is 166 Å². The van der Waals surface area contributed by atoms with Gasteiger partial charge in [-0.15, -0.1) is 0 Å². The molecular formula is C22H27N3O3.